The second kappa shape index (κ2) is 7.02. The van der Waals surface area contributed by atoms with Crippen LogP contribution in [0.3, 0.4) is 0 Å². The summed E-state index contributed by atoms with van der Waals surface area (Å²) >= 11 is 0. The maximum absolute atomic E-state index is 9.80. The van der Waals surface area contributed by atoms with Gasteiger partial charge in [0.1, 0.15) is 0 Å². The Morgan fingerprint density at radius 2 is 2.26 bits per heavy atom. The van der Waals surface area contributed by atoms with Gasteiger partial charge in [-0.2, -0.15) is 0 Å². The molecule has 0 amide bonds. The molecule has 19 heavy (non-hydrogen) atoms. The predicted molar refractivity (Wildman–Crippen MR) is 77.3 cm³/mol. The summed E-state index contributed by atoms with van der Waals surface area (Å²) in [6.07, 6.45) is 5.97. The lowest BCUT2D eigenvalue weighted by molar-refractivity contribution is 0.107. The lowest BCUT2D eigenvalue weighted by atomic mass is 9.85. The number of rotatable bonds is 7. The fourth-order valence-electron chi connectivity index (χ4n) is 3.83. The number of hydrogen-bond acceptors (Lipinski definition) is 4. The van der Waals surface area contributed by atoms with E-state index in [1.165, 1.54) is 25.7 Å². The van der Waals surface area contributed by atoms with E-state index in [2.05, 4.69) is 24.2 Å². The van der Waals surface area contributed by atoms with Crippen molar-refractivity contribution in [3.8, 4) is 0 Å². The van der Waals surface area contributed by atoms with Gasteiger partial charge in [0.2, 0.25) is 0 Å². The molecule has 0 radical (unpaired) electrons. The number of likely N-dealkylation sites (N-methyl/N-ethyl adjacent to an activating group) is 2. The Kier molecular flexibility index (Phi) is 5.63. The number of aliphatic hydroxyl groups is 1. The quantitative estimate of drug-likeness (QED) is 0.730. The molecule has 3 atom stereocenters. The van der Waals surface area contributed by atoms with Crippen LogP contribution in [-0.4, -0.2) is 61.5 Å². The zero-order valence-corrected chi connectivity index (χ0v) is 12.5. The smallest absolute Gasteiger partial charge is 0.0622 e. The molecule has 1 heterocycles. The molecule has 1 saturated heterocycles. The first-order valence-electron chi connectivity index (χ1n) is 7.85. The summed E-state index contributed by atoms with van der Waals surface area (Å²) < 4.78 is 5.46. The molecule has 4 heteroatoms. The molecular formula is C15H30N2O2. The minimum absolute atomic E-state index is 0.0121. The zero-order chi connectivity index (χ0) is 13.7. The van der Waals surface area contributed by atoms with E-state index in [1.807, 2.05) is 0 Å². The van der Waals surface area contributed by atoms with Gasteiger partial charge in [-0.1, -0.05) is 13.3 Å². The molecule has 0 spiro atoms. The van der Waals surface area contributed by atoms with E-state index in [0.29, 0.717) is 12.0 Å². The standard InChI is InChI=1S/C15H30N2O2/c1-3-16-15(12-18)8-4-5-13(15)6-9-17(2)14-7-10-19-11-14/h13-14,16,18H,3-12H2,1-2H3. The summed E-state index contributed by atoms with van der Waals surface area (Å²) in [6, 6.07) is 0.601. The molecule has 0 aromatic carbocycles. The fraction of sp³-hybridized carbons (Fsp3) is 1.00. The van der Waals surface area contributed by atoms with Crippen molar-refractivity contribution in [2.75, 3.05) is 40.0 Å². The van der Waals surface area contributed by atoms with Gasteiger partial charge >= 0.3 is 0 Å². The molecule has 2 fully saturated rings. The Hall–Kier alpha value is -0.160. The first kappa shape index (κ1) is 15.2. The van der Waals surface area contributed by atoms with Gasteiger partial charge < -0.3 is 20.1 Å². The van der Waals surface area contributed by atoms with Crippen molar-refractivity contribution in [1.82, 2.24) is 10.2 Å². The van der Waals surface area contributed by atoms with E-state index in [9.17, 15) is 5.11 Å². The van der Waals surface area contributed by atoms with Crippen LogP contribution in [-0.2, 0) is 4.74 Å². The van der Waals surface area contributed by atoms with Gasteiger partial charge in [0.25, 0.3) is 0 Å². The first-order valence-corrected chi connectivity index (χ1v) is 7.85. The third-order valence-electron chi connectivity index (χ3n) is 5.13. The van der Waals surface area contributed by atoms with Gasteiger partial charge in [-0.15, -0.1) is 0 Å². The van der Waals surface area contributed by atoms with Crippen molar-refractivity contribution in [2.45, 2.75) is 50.6 Å². The molecule has 3 unspecified atom stereocenters. The second-order valence-corrected chi connectivity index (χ2v) is 6.22. The summed E-state index contributed by atoms with van der Waals surface area (Å²) in [7, 11) is 2.21. The molecule has 1 saturated carbocycles. The number of nitrogens with one attached hydrogen (secondary N) is 1. The number of hydrogen-bond donors (Lipinski definition) is 2. The van der Waals surface area contributed by atoms with Crippen LogP contribution in [0.4, 0.5) is 0 Å². The van der Waals surface area contributed by atoms with Crippen molar-refractivity contribution < 1.29 is 9.84 Å². The molecule has 2 N–H and O–H groups in total. The van der Waals surface area contributed by atoms with Crippen LogP contribution in [0.1, 0.15) is 39.0 Å². The Balaban J connectivity index is 1.83. The molecule has 1 aliphatic heterocycles. The van der Waals surface area contributed by atoms with Gasteiger partial charge in [-0.3, -0.25) is 0 Å². The van der Waals surface area contributed by atoms with E-state index < -0.39 is 0 Å². The van der Waals surface area contributed by atoms with Crippen molar-refractivity contribution in [1.29, 1.82) is 0 Å². The van der Waals surface area contributed by atoms with Crippen LogP contribution in [0, 0.1) is 5.92 Å². The monoisotopic (exact) mass is 270 g/mol. The van der Waals surface area contributed by atoms with Gasteiger partial charge in [-0.25, -0.2) is 0 Å². The van der Waals surface area contributed by atoms with Gasteiger partial charge in [0, 0.05) is 18.2 Å². The lowest BCUT2D eigenvalue weighted by Crippen LogP contribution is -2.52. The van der Waals surface area contributed by atoms with E-state index in [0.717, 1.165) is 32.7 Å². The Morgan fingerprint density at radius 3 is 2.89 bits per heavy atom. The van der Waals surface area contributed by atoms with Crippen molar-refractivity contribution >= 4 is 0 Å². The van der Waals surface area contributed by atoms with E-state index >= 15 is 0 Å². The Labute approximate surface area is 117 Å². The normalized spacial score (nSPS) is 35.4. The summed E-state index contributed by atoms with van der Waals surface area (Å²) in [5, 5.41) is 13.4. The van der Waals surface area contributed by atoms with Crippen LogP contribution >= 0.6 is 0 Å². The highest BCUT2D eigenvalue weighted by atomic mass is 16.5. The zero-order valence-electron chi connectivity index (χ0n) is 12.5. The minimum atomic E-state index is -0.0121. The molecule has 112 valence electrons. The highest BCUT2D eigenvalue weighted by molar-refractivity contribution is 4.99. The average molecular weight is 270 g/mol. The molecule has 0 aromatic rings. The molecule has 0 bridgehead atoms. The molecule has 2 rings (SSSR count). The maximum Gasteiger partial charge on any atom is 0.0622 e. The third kappa shape index (κ3) is 3.48. The van der Waals surface area contributed by atoms with Gasteiger partial charge in [-0.05, 0) is 51.7 Å². The van der Waals surface area contributed by atoms with Crippen molar-refractivity contribution in [2.24, 2.45) is 5.92 Å². The second-order valence-electron chi connectivity index (χ2n) is 6.22. The van der Waals surface area contributed by atoms with Gasteiger partial charge in [0.15, 0.2) is 0 Å². The summed E-state index contributed by atoms with van der Waals surface area (Å²) in [5.74, 6) is 0.613. The molecule has 1 aliphatic carbocycles. The highest BCUT2D eigenvalue weighted by Gasteiger charge is 2.41. The molecule has 4 nitrogen and oxygen atoms in total. The van der Waals surface area contributed by atoms with Crippen LogP contribution in [0.25, 0.3) is 0 Å². The minimum Gasteiger partial charge on any atom is -0.394 e. The van der Waals surface area contributed by atoms with Crippen LogP contribution < -0.4 is 5.32 Å². The lowest BCUT2D eigenvalue weighted by Gasteiger charge is -2.36. The number of ether oxygens (including phenoxy) is 1. The van der Waals surface area contributed by atoms with Crippen LogP contribution in [0.5, 0.6) is 0 Å². The molecule has 0 aromatic heterocycles. The highest BCUT2D eigenvalue weighted by Crippen LogP contribution is 2.37. The topological polar surface area (TPSA) is 44.7 Å². The van der Waals surface area contributed by atoms with Crippen molar-refractivity contribution in [3.63, 3.8) is 0 Å². The van der Waals surface area contributed by atoms with Crippen LogP contribution in [0.15, 0.2) is 0 Å². The number of aliphatic hydroxyl groups excluding tert-OH is 1. The average Bonchev–Trinajstić information content (AvgIpc) is 3.06. The summed E-state index contributed by atoms with van der Waals surface area (Å²) in [6.45, 7) is 6.28. The fourth-order valence-corrected chi connectivity index (χ4v) is 3.83. The maximum atomic E-state index is 9.80. The van der Waals surface area contributed by atoms with E-state index in [4.69, 9.17) is 4.74 Å². The third-order valence-corrected chi connectivity index (χ3v) is 5.13. The summed E-state index contributed by atoms with van der Waals surface area (Å²) in [5.41, 5.74) is -0.0121. The largest absolute Gasteiger partial charge is 0.394 e. The van der Waals surface area contributed by atoms with E-state index in [-0.39, 0.29) is 12.1 Å². The predicted octanol–water partition coefficient (Wildman–Crippen LogP) is 1.24. The Morgan fingerprint density at radius 1 is 1.42 bits per heavy atom. The van der Waals surface area contributed by atoms with E-state index in [1.54, 1.807) is 0 Å². The molecular weight excluding hydrogens is 240 g/mol. The first-order chi connectivity index (χ1) is 9.22. The number of nitrogens with zero attached hydrogens (tertiary/aromatic N) is 1. The molecule has 2 aliphatic rings. The SMILES string of the molecule is CCNC1(CO)CCCC1CCN(C)C1CCOC1. The van der Waals surface area contributed by atoms with Crippen LogP contribution in [0.2, 0.25) is 0 Å². The van der Waals surface area contributed by atoms with Gasteiger partial charge in [0.05, 0.1) is 13.2 Å². The Bertz CT molecular complexity index is 269. The summed E-state index contributed by atoms with van der Waals surface area (Å²) in [4.78, 5) is 2.44. The van der Waals surface area contributed by atoms with Crippen molar-refractivity contribution in [3.05, 3.63) is 0 Å².